The molecule has 0 atom stereocenters. The number of anilines is 2. The maximum Gasteiger partial charge on any atom is 0.417 e. The van der Waals surface area contributed by atoms with Gasteiger partial charge in [0.1, 0.15) is 0 Å². The van der Waals surface area contributed by atoms with Crippen LogP contribution < -0.4 is 10.0 Å². The number of carbonyl (C=O) groups is 1. The first-order valence-electron chi connectivity index (χ1n) is 8.84. The minimum Gasteiger partial charge on any atom is -0.322 e. The van der Waals surface area contributed by atoms with Gasteiger partial charge in [0.2, 0.25) is 0 Å². The normalized spacial score (nSPS) is 11.8. The van der Waals surface area contributed by atoms with E-state index in [4.69, 9.17) is 11.6 Å². The van der Waals surface area contributed by atoms with Crippen molar-refractivity contribution in [1.82, 2.24) is 0 Å². The third-order valence-corrected chi connectivity index (χ3v) is 6.02. The highest BCUT2D eigenvalue weighted by Crippen LogP contribution is 2.36. The summed E-state index contributed by atoms with van der Waals surface area (Å²) in [6.45, 7) is 1.60. The number of rotatable bonds is 5. The molecule has 0 bridgehead atoms. The van der Waals surface area contributed by atoms with E-state index < -0.39 is 26.8 Å². The fourth-order valence-corrected chi connectivity index (χ4v) is 4.11. The molecule has 0 saturated carbocycles. The molecule has 0 fully saturated rings. The van der Waals surface area contributed by atoms with Gasteiger partial charge in [-0.05, 0) is 61.0 Å². The third kappa shape index (κ3) is 5.36. The monoisotopic (exact) mass is 468 g/mol. The Morgan fingerprint density at radius 1 is 0.968 bits per heavy atom. The second-order valence-corrected chi connectivity index (χ2v) is 8.68. The van der Waals surface area contributed by atoms with Crippen molar-refractivity contribution >= 4 is 38.9 Å². The number of carbonyl (C=O) groups excluding carboxylic acids is 1. The summed E-state index contributed by atoms with van der Waals surface area (Å²) < 4.78 is 66.4. The number of alkyl halides is 3. The molecule has 0 unspecified atom stereocenters. The van der Waals surface area contributed by atoms with Gasteiger partial charge in [-0.1, -0.05) is 29.8 Å². The van der Waals surface area contributed by atoms with E-state index >= 15 is 0 Å². The molecule has 0 aromatic heterocycles. The minimum atomic E-state index is -4.73. The minimum absolute atomic E-state index is 0.175. The Hall–Kier alpha value is -3.04. The van der Waals surface area contributed by atoms with Crippen molar-refractivity contribution < 1.29 is 26.4 Å². The Bertz CT molecular complexity index is 1230. The lowest BCUT2D eigenvalue weighted by molar-refractivity contribution is -0.137. The van der Waals surface area contributed by atoms with E-state index in [0.29, 0.717) is 22.9 Å². The molecule has 0 aliphatic rings. The third-order valence-electron chi connectivity index (χ3n) is 4.32. The van der Waals surface area contributed by atoms with E-state index in [1.807, 2.05) is 0 Å². The van der Waals surface area contributed by atoms with Gasteiger partial charge in [0.15, 0.2) is 0 Å². The first kappa shape index (κ1) is 22.6. The summed E-state index contributed by atoms with van der Waals surface area (Å²) in [5.41, 5.74) is -0.137. The van der Waals surface area contributed by atoms with Crippen LogP contribution in [-0.4, -0.2) is 14.3 Å². The number of sulfonamides is 1. The Balaban J connectivity index is 1.83. The van der Waals surface area contributed by atoms with Crippen LogP contribution in [0.5, 0.6) is 0 Å². The Morgan fingerprint density at radius 2 is 1.65 bits per heavy atom. The second kappa shape index (κ2) is 8.60. The summed E-state index contributed by atoms with van der Waals surface area (Å²) in [7, 11) is -4.18. The standard InChI is InChI=1S/C21H16ClF3N2O3S/c1-13-11-16(8-10-19(13)26-20(28)14-5-3-2-4-6-14)31(29,30)27-15-7-9-18(22)17(12-15)21(23,24)25/h2-12,27H,1H3,(H,26,28). The summed E-state index contributed by atoms with van der Waals surface area (Å²) in [6.07, 6.45) is -4.73. The lowest BCUT2D eigenvalue weighted by Crippen LogP contribution is -2.16. The molecule has 0 aliphatic heterocycles. The fraction of sp³-hybridized carbons (Fsp3) is 0.0952. The number of hydrogen-bond acceptors (Lipinski definition) is 3. The molecule has 0 saturated heterocycles. The van der Waals surface area contributed by atoms with Crippen LogP contribution in [-0.2, 0) is 16.2 Å². The van der Waals surface area contributed by atoms with Gasteiger partial charge in [-0.15, -0.1) is 0 Å². The number of amides is 1. The van der Waals surface area contributed by atoms with Gasteiger partial charge in [-0.25, -0.2) is 8.42 Å². The summed E-state index contributed by atoms with van der Waals surface area (Å²) >= 11 is 5.56. The average molecular weight is 469 g/mol. The van der Waals surface area contributed by atoms with Crippen molar-refractivity contribution in [2.75, 3.05) is 10.0 Å². The summed E-state index contributed by atoms with van der Waals surface area (Å²) in [4.78, 5) is 12.1. The van der Waals surface area contributed by atoms with E-state index in [-0.39, 0.29) is 16.5 Å². The fourth-order valence-electron chi connectivity index (χ4n) is 2.75. The van der Waals surface area contributed by atoms with Crippen molar-refractivity contribution in [2.24, 2.45) is 0 Å². The molecule has 3 aromatic rings. The highest BCUT2D eigenvalue weighted by atomic mass is 35.5. The highest BCUT2D eigenvalue weighted by Gasteiger charge is 2.33. The van der Waals surface area contributed by atoms with Gasteiger partial charge >= 0.3 is 6.18 Å². The molecule has 162 valence electrons. The Kier molecular flexibility index (Phi) is 6.28. The van der Waals surface area contributed by atoms with Crippen molar-refractivity contribution in [2.45, 2.75) is 18.0 Å². The van der Waals surface area contributed by atoms with E-state index in [1.165, 1.54) is 18.2 Å². The predicted octanol–water partition coefficient (Wildman–Crippen LogP) is 5.72. The van der Waals surface area contributed by atoms with Gasteiger partial charge in [-0.3, -0.25) is 9.52 Å². The zero-order chi connectivity index (χ0) is 22.8. The topological polar surface area (TPSA) is 75.3 Å². The van der Waals surface area contributed by atoms with Gasteiger partial charge in [0, 0.05) is 16.9 Å². The van der Waals surface area contributed by atoms with Gasteiger partial charge in [0.25, 0.3) is 15.9 Å². The van der Waals surface area contributed by atoms with Crippen LogP contribution in [0, 0.1) is 6.92 Å². The number of nitrogens with one attached hydrogen (secondary N) is 2. The molecule has 3 rings (SSSR count). The predicted molar refractivity (Wildman–Crippen MR) is 113 cm³/mol. The molecule has 0 aliphatic carbocycles. The van der Waals surface area contributed by atoms with Crippen LogP contribution in [0.2, 0.25) is 5.02 Å². The van der Waals surface area contributed by atoms with E-state index in [2.05, 4.69) is 10.0 Å². The lowest BCUT2D eigenvalue weighted by Gasteiger charge is -2.14. The zero-order valence-electron chi connectivity index (χ0n) is 16.0. The molecule has 10 heteroatoms. The molecule has 1 amide bonds. The van der Waals surface area contributed by atoms with Crippen LogP contribution in [0.4, 0.5) is 24.5 Å². The highest BCUT2D eigenvalue weighted by molar-refractivity contribution is 7.92. The van der Waals surface area contributed by atoms with E-state index in [0.717, 1.165) is 12.1 Å². The lowest BCUT2D eigenvalue weighted by atomic mass is 10.1. The number of hydrogen-bond donors (Lipinski definition) is 2. The maximum absolute atomic E-state index is 13.0. The first-order chi connectivity index (χ1) is 14.5. The summed E-state index contributed by atoms with van der Waals surface area (Å²) in [6, 6.07) is 15.2. The van der Waals surface area contributed by atoms with Crippen LogP contribution >= 0.6 is 11.6 Å². The number of aryl methyl sites for hydroxylation is 1. The van der Waals surface area contributed by atoms with Crippen molar-refractivity contribution in [3.05, 3.63) is 88.4 Å². The SMILES string of the molecule is Cc1cc(S(=O)(=O)Nc2ccc(Cl)c(C(F)(F)F)c2)ccc1NC(=O)c1ccccc1. The van der Waals surface area contributed by atoms with E-state index in [9.17, 15) is 26.4 Å². The molecule has 31 heavy (non-hydrogen) atoms. The number of benzene rings is 3. The Labute approximate surface area is 181 Å². The smallest absolute Gasteiger partial charge is 0.322 e. The summed E-state index contributed by atoms with van der Waals surface area (Å²) in [5, 5.41) is 2.15. The molecule has 3 aromatic carbocycles. The van der Waals surface area contributed by atoms with Crippen LogP contribution in [0.25, 0.3) is 0 Å². The van der Waals surface area contributed by atoms with Crippen LogP contribution in [0.1, 0.15) is 21.5 Å². The van der Waals surface area contributed by atoms with Gasteiger partial charge < -0.3 is 5.32 Å². The number of halogens is 4. The molecular formula is C21H16ClF3N2O3S. The largest absolute Gasteiger partial charge is 0.417 e. The van der Waals surface area contributed by atoms with Crippen LogP contribution in [0.3, 0.4) is 0 Å². The molecule has 0 heterocycles. The first-order valence-corrected chi connectivity index (χ1v) is 10.7. The molecular weight excluding hydrogens is 453 g/mol. The van der Waals surface area contributed by atoms with Crippen LogP contribution in [0.15, 0.2) is 71.6 Å². The molecule has 2 N–H and O–H groups in total. The zero-order valence-corrected chi connectivity index (χ0v) is 17.6. The maximum atomic E-state index is 13.0. The van der Waals surface area contributed by atoms with Gasteiger partial charge in [-0.2, -0.15) is 13.2 Å². The van der Waals surface area contributed by atoms with Gasteiger partial charge in [0.05, 0.1) is 15.5 Å². The molecule has 0 radical (unpaired) electrons. The second-order valence-electron chi connectivity index (χ2n) is 6.59. The molecule has 0 spiro atoms. The average Bonchev–Trinajstić information content (AvgIpc) is 2.70. The van der Waals surface area contributed by atoms with Crippen molar-refractivity contribution in [1.29, 1.82) is 0 Å². The molecule has 5 nitrogen and oxygen atoms in total. The Morgan fingerprint density at radius 3 is 2.26 bits per heavy atom. The van der Waals surface area contributed by atoms with E-state index in [1.54, 1.807) is 37.3 Å². The summed E-state index contributed by atoms with van der Waals surface area (Å²) in [5.74, 6) is -0.363. The van der Waals surface area contributed by atoms with Crippen molar-refractivity contribution in [3.63, 3.8) is 0 Å². The van der Waals surface area contributed by atoms with Crippen molar-refractivity contribution in [3.8, 4) is 0 Å². The quantitative estimate of drug-likeness (QED) is 0.503.